The standard InChI is InChI=1S/C35H44NO6/c1-22(38-4)21-41-25-10-7-23(8-11-25)13-14-32(2,37)27-20-33-15-16-35(27,40-6)31-34(33)17-18-36(3)28(33)19-24-9-12-26(39-5)30(42-31)29(24)34/h7-12,15-16,22,27-28,31,37H,1,13-14,17-21H2,2-6H3/t22?,27-,28-,31-,32-,33+,34+,35?/m1/s1. The molecule has 2 aliphatic heterocycles. The average molecular weight is 575 g/mol. The smallest absolute Gasteiger partial charge is 0.166 e. The Balaban J connectivity index is 1.22. The second kappa shape index (κ2) is 9.71. The zero-order valence-corrected chi connectivity index (χ0v) is 25.5. The highest BCUT2D eigenvalue weighted by molar-refractivity contribution is 5.65. The number of ether oxygens (including phenoxy) is 5. The van der Waals surface area contributed by atoms with Crippen molar-refractivity contribution in [3.63, 3.8) is 0 Å². The predicted octanol–water partition coefficient (Wildman–Crippen LogP) is 4.53. The molecule has 0 amide bonds. The minimum absolute atomic E-state index is 0.139. The molecule has 1 radical (unpaired) electrons. The summed E-state index contributed by atoms with van der Waals surface area (Å²) in [7, 11) is 7.41. The van der Waals surface area contributed by atoms with E-state index in [2.05, 4.69) is 55.3 Å². The lowest BCUT2D eigenvalue weighted by atomic mass is 9.36. The van der Waals surface area contributed by atoms with Gasteiger partial charge in [0.05, 0.1) is 24.2 Å². The maximum absolute atomic E-state index is 12.4. The van der Waals surface area contributed by atoms with Crippen molar-refractivity contribution in [1.82, 2.24) is 4.90 Å². The molecule has 7 nitrogen and oxygen atoms in total. The van der Waals surface area contributed by atoms with E-state index in [1.165, 1.54) is 11.1 Å². The molecule has 2 unspecified atom stereocenters. The van der Waals surface area contributed by atoms with Gasteiger partial charge in [0.15, 0.2) is 11.5 Å². The summed E-state index contributed by atoms with van der Waals surface area (Å²) in [4.78, 5) is 2.54. The molecular weight excluding hydrogens is 530 g/mol. The van der Waals surface area contributed by atoms with Crippen molar-refractivity contribution in [2.24, 2.45) is 11.3 Å². The third-order valence-electron chi connectivity index (χ3n) is 11.6. The first-order valence-corrected chi connectivity index (χ1v) is 15.3. The number of hydrogen-bond acceptors (Lipinski definition) is 7. The molecule has 2 aromatic rings. The van der Waals surface area contributed by atoms with Gasteiger partial charge in [0.25, 0.3) is 0 Å². The molecule has 2 spiro atoms. The van der Waals surface area contributed by atoms with Gasteiger partial charge >= 0.3 is 0 Å². The first kappa shape index (κ1) is 28.2. The summed E-state index contributed by atoms with van der Waals surface area (Å²) in [5, 5.41) is 12.4. The molecule has 4 bridgehead atoms. The van der Waals surface area contributed by atoms with E-state index in [1.807, 2.05) is 19.1 Å². The molecule has 2 aromatic carbocycles. The van der Waals surface area contributed by atoms with Crippen LogP contribution in [0.15, 0.2) is 48.6 Å². The van der Waals surface area contributed by atoms with E-state index in [0.717, 1.165) is 55.0 Å². The minimum Gasteiger partial charge on any atom is -0.493 e. The van der Waals surface area contributed by atoms with E-state index < -0.39 is 11.2 Å². The largest absolute Gasteiger partial charge is 0.493 e. The van der Waals surface area contributed by atoms with Crippen LogP contribution in [-0.4, -0.2) is 81.0 Å². The maximum atomic E-state index is 12.4. The van der Waals surface area contributed by atoms with Crippen LogP contribution in [0.25, 0.3) is 0 Å². The Kier molecular flexibility index (Phi) is 6.52. The van der Waals surface area contributed by atoms with Crippen molar-refractivity contribution in [1.29, 1.82) is 0 Å². The highest BCUT2D eigenvalue weighted by atomic mass is 16.6. The number of likely N-dealkylation sites (tertiary alicyclic amines) is 1. The monoisotopic (exact) mass is 574 g/mol. The molecule has 225 valence electrons. The summed E-state index contributed by atoms with van der Waals surface area (Å²) < 4.78 is 30.4. The van der Waals surface area contributed by atoms with Crippen molar-refractivity contribution in [3.05, 3.63) is 72.2 Å². The van der Waals surface area contributed by atoms with Crippen molar-refractivity contribution in [3.8, 4) is 17.2 Å². The molecule has 42 heavy (non-hydrogen) atoms. The molecule has 1 saturated heterocycles. The van der Waals surface area contributed by atoms with Crippen molar-refractivity contribution >= 4 is 0 Å². The fraction of sp³-hybridized carbons (Fsp3) is 0.571. The van der Waals surface area contributed by atoms with Gasteiger partial charge in [-0.05, 0) is 88.9 Å². The minimum atomic E-state index is -0.987. The van der Waals surface area contributed by atoms with Crippen LogP contribution < -0.4 is 14.2 Å². The third kappa shape index (κ3) is 3.60. The lowest BCUT2D eigenvalue weighted by Gasteiger charge is -2.72. The highest BCUT2D eigenvalue weighted by Crippen LogP contribution is 2.75. The Morgan fingerprint density at radius 3 is 2.64 bits per heavy atom. The molecular formula is C35H44NO6. The van der Waals surface area contributed by atoms with E-state index in [9.17, 15) is 5.11 Å². The number of aliphatic hydroxyl groups is 1. The van der Waals surface area contributed by atoms with E-state index in [1.54, 1.807) is 21.3 Å². The summed E-state index contributed by atoms with van der Waals surface area (Å²) in [6.45, 7) is 7.30. The van der Waals surface area contributed by atoms with Gasteiger partial charge in [-0.3, -0.25) is 0 Å². The third-order valence-corrected chi connectivity index (χ3v) is 11.6. The zero-order valence-electron chi connectivity index (χ0n) is 25.5. The average Bonchev–Trinajstić information content (AvgIpc) is 3.38. The fourth-order valence-corrected chi connectivity index (χ4v) is 9.49. The number of hydrogen-bond donors (Lipinski definition) is 1. The Hall–Kier alpha value is -2.58. The van der Waals surface area contributed by atoms with Crippen molar-refractivity contribution < 1.29 is 28.8 Å². The van der Waals surface area contributed by atoms with Crippen LogP contribution >= 0.6 is 0 Å². The van der Waals surface area contributed by atoms with Gasteiger partial charge < -0.3 is 33.7 Å². The van der Waals surface area contributed by atoms with Crippen LogP contribution in [0.2, 0.25) is 0 Å². The first-order valence-electron chi connectivity index (χ1n) is 15.3. The second-order valence-electron chi connectivity index (χ2n) is 13.4. The number of nitrogens with zero attached hydrogens (tertiary/aromatic N) is 1. The molecule has 1 saturated carbocycles. The number of methoxy groups -OCH3 is 3. The zero-order chi connectivity index (χ0) is 29.5. The van der Waals surface area contributed by atoms with Crippen LogP contribution in [-0.2, 0) is 27.7 Å². The number of likely N-dealkylation sites (N-methyl/N-ethyl adjacent to an activating group) is 1. The topological polar surface area (TPSA) is 69.6 Å². The summed E-state index contributed by atoms with van der Waals surface area (Å²) in [5.41, 5.74) is 1.76. The first-order chi connectivity index (χ1) is 20.2. The fourth-order valence-electron chi connectivity index (χ4n) is 9.49. The lowest BCUT2D eigenvalue weighted by Crippen LogP contribution is -2.80. The van der Waals surface area contributed by atoms with E-state index in [-0.39, 0.29) is 29.0 Å². The molecule has 8 atom stereocenters. The van der Waals surface area contributed by atoms with E-state index in [4.69, 9.17) is 23.7 Å². The molecule has 0 aromatic heterocycles. The van der Waals surface area contributed by atoms with Gasteiger partial charge in [-0.15, -0.1) is 0 Å². The molecule has 4 aliphatic carbocycles. The Morgan fingerprint density at radius 1 is 1.14 bits per heavy atom. The highest BCUT2D eigenvalue weighted by Gasteiger charge is 2.80. The molecule has 6 aliphatic rings. The number of rotatable bonds is 10. The maximum Gasteiger partial charge on any atom is 0.166 e. The number of aryl methyl sites for hydroxylation is 1. The molecule has 2 heterocycles. The Morgan fingerprint density at radius 2 is 1.93 bits per heavy atom. The lowest BCUT2D eigenvalue weighted by molar-refractivity contribution is -0.247. The van der Waals surface area contributed by atoms with Gasteiger partial charge in [-0.2, -0.15) is 0 Å². The van der Waals surface area contributed by atoms with E-state index >= 15 is 0 Å². The van der Waals surface area contributed by atoms with Crippen LogP contribution in [0.4, 0.5) is 0 Å². The summed E-state index contributed by atoms with van der Waals surface area (Å²) in [6.07, 6.45) is 8.45. The molecule has 8 rings (SSSR count). The predicted molar refractivity (Wildman–Crippen MR) is 160 cm³/mol. The Labute approximate surface area is 249 Å². The van der Waals surface area contributed by atoms with Gasteiger partial charge in [0.1, 0.15) is 24.1 Å². The quantitative estimate of drug-likeness (QED) is 0.419. The molecule has 7 heteroatoms. The van der Waals surface area contributed by atoms with Crippen LogP contribution in [0, 0.1) is 18.3 Å². The normalized spacial score (nSPS) is 35.7. The van der Waals surface area contributed by atoms with Crippen molar-refractivity contribution in [2.45, 2.75) is 73.9 Å². The van der Waals surface area contributed by atoms with Crippen LogP contribution in [0.3, 0.4) is 0 Å². The molecule has 2 fully saturated rings. The SMILES string of the molecule is [CH2]C(COc1ccc(CC[C@@](C)(O)[C@H]2C[C@]34C=CC2(OC)[C@@H]2Oc5c(OC)ccc6c5[C@@]23CCN(C)[C@@H]4C6)cc1)OC. The van der Waals surface area contributed by atoms with Crippen LogP contribution in [0.5, 0.6) is 17.2 Å². The molecule has 1 N–H and O–H groups in total. The second-order valence-corrected chi connectivity index (χ2v) is 13.4. The van der Waals surface area contributed by atoms with E-state index in [0.29, 0.717) is 19.1 Å². The van der Waals surface area contributed by atoms with Gasteiger partial charge in [-0.1, -0.05) is 30.4 Å². The summed E-state index contributed by atoms with van der Waals surface area (Å²) in [6, 6.07) is 12.7. The Bertz CT molecular complexity index is 1390. The van der Waals surface area contributed by atoms with Crippen molar-refractivity contribution in [2.75, 3.05) is 41.5 Å². The number of benzene rings is 2. The summed E-state index contributed by atoms with van der Waals surface area (Å²) >= 11 is 0. The van der Waals surface area contributed by atoms with Gasteiger partial charge in [-0.25, -0.2) is 0 Å². The van der Waals surface area contributed by atoms with Gasteiger partial charge in [0, 0.05) is 37.2 Å². The number of fused-ring (bicyclic) bond motifs is 1. The number of piperidine rings is 1. The van der Waals surface area contributed by atoms with Crippen LogP contribution in [0.1, 0.15) is 42.9 Å². The summed E-state index contributed by atoms with van der Waals surface area (Å²) in [5.74, 6) is 2.32. The van der Waals surface area contributed by atoms with Gasteiger partial charge in [0.2, 0.25) is 0 Å².